The van der Waals surface area contributed by atoms with Gasteiger partial charge in [-0.05, 0) is 11.4 Å². The number of hydrogen-bond donors (Lipinski definition) is 0. The standard InChI is InChI=1S/C8H9NO3S/c1-6(10)8(9(11)12)5-7-3-2-4-13-7/h2-4,8H,5H2,1H3. The summed E-state index contributed by atoms with van der Waals surface area (Å²) < 4.78 is 0. The van der Waals surface area contributed by atoms with E-state index in [4.69, 9.17) is 0 Å². The molecule has 0 aliphatic carbocycles. The van der Waals surface area contributed by atoms with Crippen molar-refractivity contribution in [1.82, 2.24) is 0 Å². The van der Waals surface area contributed by atoms with Gasteiger partial charge in [-0.1, -0.05) is 6.07 Å². The van der Waals surface area contributed by atoms with Gasteiger partial charge in [0, 0.05) is 16.7 Å². The molecule has 0 aromatic carbocycles. The molecule has 0 radical (unpaired) electrons. The minimum Gasteiger partial charge on any atom is -0.292 e. The van der Waals surface area contributed by atoms with Crippen molar-refractivity contribution in [3.63, 3.8) is 0 Å². The Morgan fingerprint density at radius 2 is 2.46 bits per heavy atom. The van der Waals surface area contributed by atoms with Gasteiger partial charge in [0.2, 0.25) is 5.78 Å². The van der Waals surface area contributed by atoms with E-state index in [2.05, 4.69) is 0 Å². The highest BCUT2D eigenvalue weighted by molar-refractivity contribution is 7.09. The molecule has 0 saturated carbocycles. The first-order valence-electron chi connectivity index (χ1n) is 3.77. The maximum Gasteiger partial charge on any atom is 0.274 e. The zero-order valence-corrected chi connectivity index (χ0v) is 7.91. The molecule has 0 saturated heterocycles. The van der Waals surface area contributed by atoms with Crippen molar-refractivity contribution in [3.8, 4) is 0 Å². The summed E-state index contributed by atoms with van der Waals surface area (Å²) in [5.41, 5.74) is 0. The molecular formula is C8H9NO3S. The van der Waals surface area contributed by atoms with Crippen molar-refractivity contribution in [2.24, 2.45) is 0 Å². The van der Waals surface area contributed by atoms with Crippen LogP contribution in [0.15, 0.2) is 17.5 Å². The molecule has 0 bridgehead atoms. The largest absolute Gasteiger partial charge is 0.292 e. The Morgan fingerprint density at radius 3 is 2.85 bits per heavy atom. The van der Waals surface area contributed by atoms with Crippen molar-refractivity contribution in [2.45, 2.75) is 19.4 Å². The molecule has 1 aromatic heterocycles. The summed E-state index contributed by atoms with van der Waals surface area (Å²) in [6, 6.07) is 2.53. The van der Waals surface area contributed by atoms with E-state index in [0.29, 0.717) is 0 Å². The molecule has 1 atom stereocenters. The lowest BCUT2D eigenvalue weighted by Gasteiger charge is -2.02. The van der Waals surface area contributed by atoms with E-state index in [1.807, 2.05) is 11.4 Å². The third-order valence-corrected chi connectivity index (χ3v) is 2.60. The predicted molar refractivity (Wildman–Crippen MR) is 49.5 cm³/mol. The van der Waals surface area contributed by atoms with Crippen LogP contribution >= 0.6 is 11.3 Å². The van der Waals surface area contributed by atoms with Crippen LogP contribution in [0.25, 0.3) is 0 Å². The number of carbonyl (C=O) groups is 1. The highest BCUT2D eigenvalue weighted by Crippen LogP contribution is 2.12. The van der Waals surface area contributed by atoms with Crippen molar-refractivity contribution >= 4 is 17.1 Å². The molecule has 13 heavy (non-hydrogen) atoms. The van der Waals surface area contributed by atoms with Crippen molar-refractivity contribution < 1.29 is 9.72 Å². The van der Waals surface area contributed by atoms with Gasteiger partial charge in [0.15, 0.2) is 0 Å². The number of thiophene rings is 1. The second-order valence-corrected chi connectivity index (χ2v) is 3.73. The minimum absolute atomic E-state index is 0.208. The summed E-state index contributed by atoms with van der Waals surface area (Å²) in [7, 11) is 0. The molecule has 1 rings (SSSR count). The van der Waals surface area contributed by atoms with Crippen molar-refractivity contribution in [2.75, 3.05) is 0 Å². The third-order valence-electron chi connectivity index (χ3n) is 1.70. The number of nitro groups is 1. The number of Topliss-reactive ketones (excluding diaryl/α,β-unsaturated/α-hetero) is 1. The van der Waals surface area contributed by atoms with E-state index in [9.17, 15) is 14.9 Å². The molecule has 0 fully saturated rings. The van der Waals surface area contributed by atoms with Gasteiger partial charge in [-0.3, -0.25) is 14.9 Å². The molecule has 1 aromatic rings. The van der Waals surface area contributed by atoms with Gasteiger partial charge in [-0.25, -0.2) is 0 Å². The van der Waals surface area contributed by atoms with Crippen molar-refractivity contribution in [3.05, 3.63) is 32.5 Å². The van der Waals surface area contributed by atoms with E-state index in [1.54, 1.807) is 6.07 Å². The molecule has 5 heteroatoms. The molecule has 4 nitrogen and oxygen atoms in total. The average molecular weight is 199 g/mol. The van der Waals surface area contributed by atoms with Crippen molar-refractivity contribution in [1.29, 1.82) is 0 Å². The molecule has 0 aliphatic heterocycles. The Kier molecular flexibility index (Phi) is 3.13. The smallest absolute Gasteiger partial charge is 0.274 e. The van der Waals surface area contributed by atoms with Crippen LogP contribution in [0.1, 0.15) is 11.8 Å². The Hall–Kier alpha value is -1.23. The maximum atomic E-state index is 10.9. The van der Waals surface area contributed by atoms with Crippen LogP contribution in [0, 0.1) is 10.1 Å². The van der Waals surface area contributed by atoms with Crippen LogP contribution in [-0.4, -0.2) is 16.7 Å². The number of ketones is 1. The van der Waals surface area contributed by atoms with Gasteiger partial charge in [-0.2, -0.15) is 0 Å². The fourth-order valence-electron chi connectivity index (χ4n) is 0.986. The van der Waals surface area contributed by atoms with Crippen LogP contribution in [0.4, 0.5) is 0 Å². The normalized spacial score (nSPS) is 12.4. The Balaban J connectivity index is 2.69. The van der Waals surface area contributed by atoms with Gasteiger partial charge < -0.3 is 0 Å². The van der Waals surface area contributed by atoms with Gasteiger partial charge in [-0.15, -0.1) is 11.3 Å². The predicted octanol–water partition coefficient (Wildman–Crippen LogP) is 1.52. The van der Waals surface area contributed by atoms with Gasteiger partial charge in [0.1, 0.15) is 0 Å². The summed E-state index contributed by atoms with van der Waals surface area (Å²) in [4.78, 5) is 21.7. The molecule has 70 valence electrons. The Morgan fingerprint density at radius 1 is 1.77 bits per heavy atom. The van der Waals surface area contributed by atoms with Gasteiger partial charge in [0.05, 0.1) is 6.42 Å². The quantitative estimate of drug-likeness (QED) is 0.545. The van der Waals surface area contributed by atoms with Crippen LogP contribution in [-0.2, 0) is 11.2 Å². The molecular weight excluding hydrogens is 190 g/mol. The fourth-order valence-corrected chi connectivity index (χ4v) is 1.73. The highest BCUT2D eigenvalue weighted by Gasteiger charge is 2.26. The minimum atomic E-state index is -1.08. The Labute approximate surface area is 79.3 Å². The van der Waals surface area contributed by atoms with Gasteiger partial charge >= 0.3 is 0 Å². The van der Waals surface area contributed by atoms with E-state index in [-0.39, 0.29) is 6.42 Å². The molecule has 1 heterocycles. The van der Waals surface area contributed by atoms with E-state index < -0.39 is 16.7 Å². The monoisotopic (exact) mass is 199 g/mol. The Bertz CT molecular complexity index is 293. The number of rotatable bonds is 4. The van der Waals surface area contributed by atoms with E-state index in [0.717, 1.165) is 4.88 Å². The summed E-state index contributed by atoms with van der Waals surface area (Å²) in [6.45, 7) is 1.25. The fraction of sp³-hybridized carbons (Fsp3) is 0.375. The lowest BCUT2D eigenvalue weighted by atomic mass is 10.1. The van der Waals surface area contributed by atoms with E-state index >= 15 is 0 Å². The molecule has 0 amide bonds. The van der Waals surface area contributed by atoms with Crippen LogP contribution < -0.4 is 0 Å². The van der Waals surface area contributed by atoms with E-state index in [1.165, 1.54) is 18.3 Å². The first kappa shape index (κ1) is 9.85. The third kappa shape index (κ3) is 2.62. The lowest BCUT2D eigenvalue weighted by molar-refractivity contribution is -0.506. The van der Waals surface area contributed by atoms with Crippen LogP contribution in [0.3, 0.4) is 0 Å². The summed E-state index contributed by atoms with van der Waals surface area (Å²) in [5, 5.41) is 12.3. The molecule has 0 spiro atoms. The lowest BCUT2D eigenvalue weighted by Crippen LogP contribution is -2.29. The topological polar surface area (TPSA) is 60.2 Å². The SMILES string of the molecule is CC(=O)C(Cc1cccs1)[N+](=O)[O-]. The highest BCUT2D eigenvalue weighted by atomic mass is 32.1. The molecule has 1 unspecified atom stereocenters. The first-order valence-corrected chi connectivity index (χ1v) is 4.65. The summed E-state index contributed by atoms with van der Waals surface area (Å²) >= 11 is 1.43. The van der Waals surface area contributed by atoms with Gasteiger partial charge in [0.25, 0.3) is 6.04 Å². The zero-order valence-electron chi connectivity index (χ0n) is 7.10. The zero-order chi connectivity index (χ0) is 9.84. The number of nitrogens with zero attached hydrogens (tertiary/aromatic N) is 1. The second kappa shape index (κ2) is 4.13. The first-order chi connectivity index (χ1) is 6.11. The number of carbonyl (C=O) groups excluding carboxylic acids is 1. The molecule has 0 aliphatic rings. The second-order valence-electron chi connectivity index (χ2n) is 2.70. The maximum absolute atomic E-state index is 10.9. The summed E-state index contributed by atoms with van der Waals surface area (Å²) in [5.74, 6) is -0.390. The van der Waals surface area contributed by atoms with Crippen LogP contribution in [0.5, 0.6) is 0 Å². The average Bonchev–Trinajstić information content (AvgIpc) is 2.50. The molecule has 0 N–H and O–H groups in total. The summed E-state index contributed by atoms with van der Waals surface area (Å²) in [6.07, 6.45) is 0.208. The van der Waals surface area contributed by atoms with Crippen LogP contribution in [0.2, 0.25) is 0 Å². The number of hydrogen-bond acceptors (Lipinski definition) is 4.